The van der Waals surface area contributed by atoms with E-state index >= 15 is 0 Å². The Hall–Kier alpha value is -1.92. The summed E-state index contributed by atoms with van der Waals surface area (Å²) in [6, 6.07) is -0.561. The third-order valence-electron chi connectivity index (χ3n) is 9.66. The molecule has 298 valence electrons. The molecule has 0 aliphatic rings. The number of hydrogen-bond donors (Lipinski definition) is 3. The Kier molecular flexibility index (Phi) is 39.3. The first-order valence-electron chi connectivity index (χ1n) is 21.7. The van der Waals surface area contributed by atoms with Gasteiger partial charge in [-0.2, -0.15) is 0 Å². The van der Waals surface area contributed by atoms with Crippen molar-refractivity contribution in [3.63, 3.8) is 0 Å². The predicted octanol–water partition coefficient (Wildman–Crippen LogP) is 12.2. The summed E-state index contributed by atoms with van der Waals surface area (Å²) < 4.78 is 5.41. The highest BCUT2D eigenvalue weighted by atomic mass is 16.5. The molecule has 0 heterocycles. The van der Waals surface area contributed by atoms with Gasteiger partial charge in [0.2, 0.25) is 5.91 Å². The Morgan fingerprint density at radius 1 is 0.549 bits per heavy atom. The number of ether oxygens (including phenoxy) is 1. The Labute approximate surface area is 315 Å². The highest BCUT2D eigenvalue weighted by Crippen LogP contribution is 2.14. The van der Waals surface area contributed by atoms with Gasteiger partial charge in [-0.05, 0) is 77.0 Å². The van der Waals surface area contributed by atoms with Crippen LogP contribution in [0.4, 0.5) is 0 Å². The van der Waals surface area contributed by atoms with Crippen LogP contribution in [0.1, 0.15) is 213 Å². The molecule has 0 saturated carbocycles. The zero-order chi connectivity index (χ0) is 37.3. The molecule has 51 heavy (non-hydrogen) atoms. The van der Waals surface area contributed by atoms with Crippen LogP contribution < -0.4 is 5.32 Å². The minimum Gasteiger partial charge on any atom is -0.466 e. The zero-order valence-corrected chi connectivity index (χ0v) is 33.6. The fourth-order valence-electron chi connectivity index (χ4n) is 6.23. The van der Waals surface area contributed by atoms with Crippen molar-refractivity contribution in [1.29, 1.82) is 0 Å². The molecule has 0 spiro atoms. The van der Waals surface area contributed by atoms with Gasteiger partial charge in [0.15, 0.2) is 0 Å². The second-order valence-electron chi connectivity index (χ2n) is 14.7. The van der Waals surface area contributed by atoms with Gasteiger partial charge in [0.1, 0.15) is 0 Å². The standard InChI is InChI=1S/C45H83NO5/c1-3-5-7-9-11-13-14-15-16-19-23-27-31-35-39-45(50)51-40-36-32-28-24-20-17-18-22-26-30-34-38-44(49)46-42(41-47)43(48)37-33-29-25-21-12-10-8-6-4-2/h9,11,14-15,20,24,42-43,47-48H,3-8,10,12-13,16-19,21-23,25-41H2,1-2H3,(H,46,49)/b11-9-,15-14-,24-20-. The zero-order valence-electron chi connectivity index (χ0n) is 33.6. The van der Waals surface area contributed by atoms with Crippen LogP contribution >= 0.6 is 0 Å². The maximum atomic E-state index is 12.3. The summed E-state index contributed by atoms with van der Waals surface area (Å²) in [7, 11) is 0. The average Bonchev–Trinajstić information content (AvgIpc) is 3.13. The fraction of sp³-hybridized carbons (Fsp3) is 0.822. The van der Waals surface area contributed by atoms with Crippen LogP contribution in [0.3, 0.4) is 0 Å². The van der Waals surface area contributed by atoms with Gasteiger partial charge in [-0.25, -0.2) is 0 Å². The van der Waals surface area contributed by atoms with Crippen molar-refractivity contribution < 1.29 is 24.5 Å². The second kappa shape index (κ2) is 40.8. The van der Waals surface area contributed by atoms with E-state index in [1.165, 1.54) is 83.5 Å². The van der Waals surface area contributed by atoms with Crippen molar-refractivity contribution in [3.05, 3.63) is 36.5 Å². The molecular formula is C45H83NO5. The van der Waals surface area contributed by atoms with Gasteiger partial charge in [-0.15, -0.1) is 0 Å². The average molecular weight is 718 g/mol. The van der Waals surface area contributed by atoms with Crippen molar-refractivity contribution in [2.75, 3.05) is 13.2 Å². The molecular weight excluding hydrogens is 634 g/mol. The third kappa shape index (κ3) is 37.6. The molecule has 2 atom stereocenters. The minimum atomic E-state index is -0.681. The van der Waals surface area contributed by atoms with Crippen molar-refractivity contribution in [3.8, 4) is 0 Å². The molecule has 0 saturated heterocycles. The summed E-state index contributed by atoms with van der Waals surface area (Å²) in [5, 5.41) is 23.0. The lowest BCUT2D eigenvalue weighted by atomic mass is 10.0. The molecule has 2 unspecified atom stereocenters. The van der Waals surface area contributed by atoms with Gasteiger partial charge in [-0.3, -0.25) is 9.59 Å². The number of carbonyl (C=O) groups is 2. The molecule has 0 aromatic carbocycles. The van der Waals surface area contributed by atoms with Crippen LogP contribution in [-0.2, 0) is 14.3 Å². The number of hydrogen-bond acceptors (Lipinski definition) is 5. The van der Waals surface area contributed by atoms with E-state index in [9.17, 15) is 19.8 Å². The lowest BCUT2D eigenvalue weighted by molar-refractivity contribution is -0.143. The van der Waals surface area contributed by atoms with Gasteiger partial charge in [0.05, 0.1) is 25.4 Å². The first-order valence-corrected chi connectivity index (χ1v) is 21.7. The fourth-order valence-corrected chi connectivity index (χ4v) is 6.23. The number of allylic oxidation sites excluding steroid dienone is 6. The van der Waals surface area contributed by atoms with Gasteiger partial charge in [0.25, 0.3) is 0 Å². The second-order valence-corrected chi connectivity index (χ2v) is 14.7. The number of aliphatic hydroxyl groups excluding tert-OH is 2. The van der Waals surface area contributed by atoms with Crippen molar-refractivity contribution in [2.45, 2.75) is 225 Å². The molecule has 1 amide bonds. The number of aliphatic hydroxyl groups is 2. The van der Waals surface area contributed by atoms with Gasteiger partial charge in [0, 0.05) is 12.8 Å². The van der Waals surface area contributed by atoms with E-state index < -0.39 is 12.1 Å². The van der Waals surface area contributed by atoms with E-state index in [0.29, 0.717) is 25.9 Å². The van der Waals surface area contributed by atoms with Crippen LogP contribution in [0, 0.1) is 0 Å². The first kappa shape index (κ1) is 49.1. The van der Waals surface area contributed by atoms with Gasteiger partial charge < -0.3 is 20.3 Å². The van der Waals surface area contributed by atoms with E-state index in [0.717, 1.165) is 96.3 Å². The van der Waals surface area contributed by atoms with Crippen LogP contribution in [0.15, 0.2) is 36.5 Å². The van der Waals surface area contributed by atoms with Gasteiger partial charge in [-0.1, -0.05) is 159 Å². The Balaban J connectivity index is 3.54. The van der Waals surface area contributed by atoms with Crippen LogP contribution in [0.2, 0.25) is 0 Å². The molecule has 0 aliphatic carbocycles. The minimum absolute atomic E-state index is 0.0474. The summed E-state index contributed by atoms with van der Waals surface area (Å²) in [4.78, 5) is 24.3. The van der Waals surface area contributed by atoms with Crippen molar-refractivity contribution >= 4 is 11.9 Å². The quantitative estimate of drug-likeness (QED) is 0.0334. The molecule has 0 fully saturated rings. The smallest absolute Gasteiger partial charge is 0.305 e. The number of amides is 1. The first-order chi connectivity index (χ1) is 25.0. The molecule has 0 bridgehead atoms. The monoisotopic (exact) mass is 718 g/mol. The van der Waals surface area contributed by atoms with Crippen LogP contribution in [0.5, 0.6) is 0 Å². The predicted molar refractivity (Wildman–Crippen MR) is 218 cm³/mol. The Bertz CT molecular complexity index is 838. The molecule has 6 heteroatoms. The highest BCUT2D eigenvalue weighted by molar-refractivity contribution is 5.76. The molecule has 0 radical (unpaired) electrons. The van der Waals surface area contributed by atoms with E-state index in [2.05, 4.69) is 55.6 Å². The molecule has 6 nitrogen and oxygen atoms in total. The van der Waals surface area contributed by atoms with Crippen molar-refractivity contribution in [1.82, 2.24) is 5.32 Å². The SMILES string of the molecule is CCCC/C=C\C/C=C\CCCCCCCC(=O)OCCCC/C=C\CCCCCCCC(=O)NC(CO)C(O)CCCCCCCCCCC. The molecule has 3 N–H and O–H groups in total. The van der Waals surface area contributed by atoms with Gasteiger partial charge >= 0.3 is 5.97 Å². The molecule has 0 rings (SSSR count). The molecule has 0 aromatic rings. The summed E-state index contributed by atoms with van der Waals surface area (Å²) in [5.74, 6) is -0.117. The normalized spacial score (nSPS) is 13.1. The Morgan fingerprint density at radius 2 is 1.00 bits per heavy atom. The molecule has 0 aliphatic heterocycles. The molecule has 0 aromatic heterocycles. The maximum Gasteiger partial charge on any atom is 0.305 e. The van der Waals surface area contributed by atoms with E-state index in [1.807, 2.05) is 0 Å². The maximum absolute atomic E-state index is 12.3. The van der Waals surface area contributed by atoms with Crippen LogP contribution in [0.25, 0.3) is 0 Å². The number of carbonyl (C=O) groups excluding carboxylic acids is 2. The summed E-state index contributed by atoms with van der Waals surface area (Å²) in [6.07, 6.45) is 46.7. The Morgan fingerprint density at radius 3 is 1.57 bits per heavy atom. The van der Waals surface area contributed by atoms with E-state index in [4.69, 9.17) is 4.74 Å². The van der Waals surface area contributed by atoms with E-state index in [1.54, 1.807) is 0 Å². The third-order valence-corrected chi connectivity index (χ3v) is 9.66. The number of rotatable bonds is 39. The topological polar surface area (TPSA) is 95.9 Å². The highest BCUT2D eigenvalue weighted by Gasteiger charge is 2.20. The largest absolute Gasteiger partial charge is 0.466 e. The number of nitrogens with one attached hydrogen (secondary N) is 1. The lowest BCUT2D eigenvalue weighted by Crippen LogP contribution is -2.45. The van der Waals surface area contributed by atoms with Crippen LogP contribution in [-0.4, -0.2) is 47.4 Å². The summed E-state index contributed by atoms with van der Waals surface area (Å²) in [5.41, 5.74) is 0. The lowest BCUT2D eigenvalue weighted by Gasteiger charge is -2.22. The number of unbranched alkanes of at least 4 members (excludes halogenated alkanes) is 22. The van der Waals surface area contributed by atoms with Crippen molar-refractivity contribution in [2.24, 2.45) is 0 Å². The summed E-state index contributed by atoms with van der Waals surface area (Å²) >= 11 is 0. The van der Waals surface area contributed by atoms with E-state index in [-0.39, 0.29) is 18.5 Å². The number of esters is 1. The summed E-state index contributed by atoms with van der Waals surface area (Å²) in [6.45, 7) is 4.78.